The van der Waals surface area contributed by atoms with Crippen molar-refractivity contribution < 1.29 is 13.9 Å². The van der Waals surface area contributed by atoms with Gasteiger partial charge in [-0.1, -0.05) is 12.1 Å². The third kappa shape index (κ3) is 3.29. The topological polar surface area (TPSA) is 82.3 Å². The summed E-state index contributed by atoms with van der Waals surface area (Å²) in [4.78, 5) is 7.39. The maximum Gasteiger partial charge on any atom is 0.255 e. The van der Waals surface area contributed by atoms with Gasteiger partial charge in [0.2, 0.25) is 11.8 Å². The molecule has 0 aliphatic heterocycles. The van der Waals surface area contributed by atoms with Gasteiger partial charge in [-0.3, -0.25) is 5.43 Å². The minimum atomic E-state index is -0.651. The number of rotatable bonds is 5. The Kier molecular flexibility index (Phi) is 4.09. The van der Waals surface area contributed by atoms with Gasteiger partial charge < -0.3 is 9.47 Å². The summed E-state index contributed by atoms with van der Waals surface area (Å²) in [7, 11) is 1.57. The first-order valence-corrected chi connectivity index (χ1v) is 5.48. The fourth-order valence-electron chi connectivity index (χ4n) is 1.44. The molecule has 100 valence electrons. The highest BCUT2D eigenvalue weighted by Crippen LogP contribution is 2.17. The van der Waals surface area contributed by atoms with E-state index in [1.807, 2.05) is 18.2 Å². The molecule has 7 heteroatoms. The molecular formula is C12H13FN4O2. The van der Waals surface area contributed by atoms with E-state index in [2.05, 4.69) is 15.4 Å². The fourth-order valence-corrected chi connectivity index (χ4v) is 1.44. The molecule has 0 atom stereocenters. The van der Waals surface area contributed by atoms with Crippen LogP contribution in [-0.2, 0) is 6.61 Å². The molecule has 2 aromatic rings. The van der Waals surface area contributed by atoms with E-state index in [1.165, 1.54) is 0 Å². The Hall–Kier alpha value is -2.41. The highest BCUT2D eigenvalue weighted by atomic mass is 19.1. The van der Waals surface area contributed by atoms with Crippen LogP contribution >= 0.6 is 0 Å². The average Bonchev–Trinajstić information content (AvgIpc) is 2.46. The van der Waals surface area contributed by atoms with Crippen LogP contribution in [-0.4, -0.2) is 17.1 Å². The zero-order valence-electron chi connectivity index (χ0n) is 10.3. The number of halogens is 1. The Morgan fingerprint density at radius 1 is 1.42 bits per heavy atom. The molecule has 1 aromatic carbocycles. The number of benzene rings is 1. The van der Waals surface area contributed by atoms with Crippen LogP contribution in [0.5, 0.6) is 11.6 Å². The molecule has 2 rings (SSSR count). The minimum absolute atomic E-state index is 0.0852. The highest BCUT2D eigenvalue weighted by molar-refractivity contribution is 5.29. The number of methoxy groups -OCH3 is 1. The van der Waals surface area contributed by atoms with Crippen LogP contribution in [0.1, 0.15) is 5.56 Å². The summed E-state index contributed by atoms with van der Waals surface area (Å²) < 4.78 is 23.8. The summed E-state index contributed by atoms with van der Waals surface area (Å²) >= 11 is 0. The van der Waals surface area contributed by atoms with Crippen LogP contribution in [0.2, 0.25) is 0 Å². The first-order valence-electron chi connectivity index (χ1n) is 5.48. The lowest BCUT2D eigenvalue weighted by molar-refractivity contribution is 0.276. The van der Waals surface area contributed by atoms with E-state index in [0.717, 1.165) is 11.8 Å². The second-order valence-electron chi connectivity index (χ2n) is 3.63. The summed E-state index contributed by atoms with van der Waals surface area (Å²) in [5.41, 5.74) is 3.06. The number of nitrogens with one attached hydrogen (secondary N) is 1. The van der Waals surface area contributed by atoms with Crippen molar-refractivity contribution in [3.05, 3.63) is 41.8 Å². The number of anilines is 1. The number of aromatic nitrogens is 2. The lowest BCUT2D eigenvalue weighted by Gasteiger charge is -2.08. The number of hydrogen-bond acceptors (Lipinski definition) is 6. The molecule has 0 fully saturated rings. The van der Waals surface area contributed by atoms with Crippen LogP contribution in [0, 0.1) is 5.82 Å². The summed E-state index contributed by atoms with van der Waals surface area (Å²) in [6, 6.07) is 7.26. The van der Waals surface area contributed by atoms with Crippen molar-refractivity contribution in [3.63, 3.8) is 0 Å². The first kappa shape index (κ1) is 13.0. The predicted molar refractivity (Wildman–Crippen MR) is 67.1 cm³/mol. The van der Waals surface area contributed by atoms with Crippen molar-refractivity contribution in [2.45, 2.75) is 6.61 Å². The Bertz CT molecular complexity index is 565. The molecule has 0 aliphatic rings. The average molecular weight is 264 g/mol. The van der Waals surface area contributed by atoms with Gasteiger partial charge in [0.1, 0.15) is 12.4 Å². The standard InChI is InChI=1S/C12H13FN4O2/c1-18-9-4-2-3-8(5-9)7-19-11-10(13)6-15-12(16-11)17-14/h2-6H,7,14H2,1H3,(H,15,16,17). The largest absolute Gasteiger partial charge is 0.497 e. The van der Waals surface area contributed by atoms with Gasteiger partial charge in [0.15, 0.2) is 0 Å². The maximum absolute atomic E-state index is 13.4. The number of nitrogens with zero attached hydrogens (tertiary/aromatic N) is 2. The van der Waals surface area contributed by atoms with Gasteiger partial charge >= 0.3 is 0 Å². The quantitative estimate of drug-likeness (QED) is 0.629. The predicted octanol–water partition coefficient (Wildman–Crippen LogP) is 1.49. The third-order valence-electron chi connectivity index (χ3n) is 2.35. The van der Waals surface area contributed by atoms with E-state index >= 15 is 0 Å². The Labute approximate surface area is 109 Å². The monoisotopic (exact) mass is 264 g/mol. The first-order chi connectivity index (χ1) is 9.22. The second-order valence-corrected chi connectivity index (χ2v) is 3.63. The molecule has 0 unspecified atom stereocenters. The maximum atomic E-state index is 13.4. The molecule has 0 spiro atoms. The molecule has 0 bridgehead atoms. The lowest BCUT2D eigenvalue weighted by Crippen LogP contribution is -2.11. The normalized spacial score (nSPS) is 10.1. The lowest BCUT2D eigenvalue weighted by atomic mass is 10.2. The summed E-state index contributed by atoms with van der Waals surface area (Å²) in [6.45, 7) is 0.162. The van der Waals surface area contributed by atoms with Crippen LogP contribution in [0.4, 0.5) is 10.3 Å². The zero-order valence-corrected chi connectivity index (χ0v) is 10.3. The van der Waals surface area contributed by atoms with Gasteiger partial charge in [-0.2, -0.15) is 9.37 Å². The summed E-state index contributed by atoms with van der Waals surface area (Å²) in [6.07, 6.45) is 0.989. The SMILES string of the molecule is COc1cccc(COc2nc(NN)ncc2F)c1. The van der Waals surface area contributed by atoms with E-state index in [9.17, 15) is 4.39 Å². The molecule has 0 saturated heterocycles. The van der Waals surface area contributed by atoms with Gasteiger partial charge in [-0.25, -0.2) is 10.8 Å². The van der Waals surface area contributed by atoms with Gasteiger partial charge in [-0.15, -0.1) is 0 Å². The van der Waals surface area contributed by atoms with Crippen molar-refractivity contribution in [1.29, 1.82) is 0 Å². The Morgan fingerprint density at radius 2 is 2.26 bits per heavy atom. The summed E-state index contributed by atoms with van der Waals surface area (Å²) in [5.74, 6) is 5.12. The molecular weight excluding hydrogens is 251 g/mol. The van der Waals surface area contributed by atoms with Gasteiger partial charge in [-0.05, 0) is 17.7 Å². The number of nitrogens with two attached hydrogens (primary N) is 1. The summed E-state index contributed by atoms with van der Waals surface area (Å²) in [5, 5.41) is 0. The van der Waals surface area contributed by atoms with Crippen LogP contribution in [0.3, 0.4) is 0 Å². The van der Waals surface area contributed by atoms with E-state index in [-0.39, 0.29) is 18.4 Å². The van der Waals surface area contributed by atoms with E-state index < -0.39 is 5.82 Å². The zero-order chi connectivity index (χ0) is 13.7. The van der Waals surface area contributed by atoms with Gasteiger partial charge in [0.05, 0.1) is 13.3 Å². The van der Waals surface area contributed by atoms with Crippen molar-refractivity contribution >= 4 is 5.95 Å². The van der Waals surface area contributed by atoms with E-state index in [1.54, 1.807) is 13.2 Å². The molecule has 6 nitrogen and oxygen atoms in total. The van der Waals surface area contributed by atoms with Crippen molar-refractivity contribution in [1.82, 2.24) is 9.97 Å². The van der Waals surface area contributed by atoms with Crippen LogP contribution in [0.15, 0.2) is 30.5 Å². The third-order valence-corrected chi connectivity index (χ3v) is 2.35. The smallest absolute Gasteiger partial charge is 0.255 e. The minimum Gasteiger partial charge on any atom is -0.497 e. The molecule has 1 heterocycles. The number of nitrogen functional groups attached to an aromatic ring is 1. The van der Waals surface area contributed by atoms with Crippen LogP contribution < -0.4 is 20.7 Å². The second kappa shape index (κ2) is 5.96. The molecule has 1 aromatic heterocycles. The van der Waals surface area contributed by atoms with Crippen molar-refractivity contribution in [3.8, 4) is 11.6 Å². The molecule has 0 amide bonds. The van der Waals surface area contributed by atoms with E-state index in [4.69, 9.17) is 15.3 Å². The van der Waals surface area contributed by atoms with Crippen LogP contribution in [0.25, 0.3) is 0 Å². The van der Waals surface area contributed by atoms with Crippen molar-refractivity contribution in [2.24, 2.45) is 5.84 Å². The molecule has 3 N–H and O–H groups in total. The number of ether oxygens (including phenoxy) is 2. The highest BCUT2D eigenvalue weighted by Gasteiger charge is 2.08. The molecule has 0 aliphatic carbocycles. The molecule has 0 radical (unpaired) electrons. The van der Waals surface area contributed by atoms with Gasteiger partial charge in [0, 0.05) is 0 Å². The Balaban J connectivity index is 2.09. The fraction of sp³-hybridized carbons (Fsp3) is 0.167. The molecule has 19 heavy (non-hydrogen) atoms. The number of hydrazine groups is 1. The molecule has 0 saturated carbocycles. The Morgan fingerprint density at radius 3 is 3.00 bits per heavy atom. The number of hydrogen-bond donors (Lipinski definition) is 2. The van der Waals surface area contributed by atoms with Crippen molar-refractivity contribution in [2.75, 3.05) is 12.5 Å². The van der Waals surface area contributed by atoms with E-state index in [0.29, 0.717) is 5.75 Å². The van der Waals surface area contributed by atoms with Gasteiger partial charge in [0.25, 0.3) is 5.88 Å².